The van der Waals surface area contributed by atoms with Crippen LogP contribution >= 0.6 is 0 Å². The van der Waals surface area contributed by atoms with Crippen LogP contribution in [0.5, 0.6) is 0 Å². The van der Waals surface area contributed by atoms with Gasteiger partial charge in [0.25, 0.3) is 0 Å². The number of nitrogens with one attached hydrogen (secondary N) is 1. The fraction of sp³-hybridized carbons (Fsp3) is 0.222. The summed E-state index contributed by atoms with van der Waals surface area (Å²) in [4.78, 5) is 12.0. The van der Waals surface area contributed by atoms with E-state index < -0.39 is 10.0 Å². The summed E-state index contributed by atoms with van der Waals surface area (Å²) < 4.78 is 30.7. The minimum absolute atomic E-state index is 0.0575. The maximum Gasteiger partial charge on any atom is 0.306 e. The second-order valence-electron chi connectivity index (χ2n) is 5.28. The molecule has 7 heteroatoms. The Morgan fingerprint density at radius 3 is 2.48 bits per heavy atom. The van der Waals surface area contributed by atoms with Crippen molar-refractivity contribution in [3.05, 3.63) is 65.2 Å². The Kier molecular flexibility index (Phi) is 6.28. The lowest BCUT2D eigenvalue weighted by molar-refractivity contribution is -0.144. The van der Waals surface area contributed by atoms with Gasteiger partial charge in [0.1, 0.15) is 6.61 Å². The molecule has 0 radical (unpaired) electrons. The van der Waals surface area contributed by atoms with E-state index >= 15 is 0 Å². The summed E-state index contributed by atoms with van der Waals surface area (Å²) >= 11 is 0. The van der Waals surface area contributed by atoms with Crippen molar-refractivity contribution in [2.45, 2.75) is 24.3 Å². The van der Waals surface area contributed by atoms with Gasteiger partial charge in [0.2, 0.25) is 10.0 Å². The van der Waals surface area contributed by atoms with Gasteiger partial charge in [0.15, 0.2) is 0 Å². The molecule has 25 heavy (non-hydrogen) atoms. The Morgan fingerprint density at radius 2 is 1.84 bits per heavy atom. The molecule has 0 heterocycles. The second kappa shape index (κ2) is 8.42. The van der Waals surface area contributed by atoms with E-state index in [1.807, 2.05) is 0 Å². The van der Waals surface area contributed by atoms with Gasteiger partial charge in [-0.05, 0) is 37.2 Å². The molecule has 0 spiro atoms. The predicted molar refractivity (Wildman–Crippen MR) is 92.0 cm³/mol. The van der Waals surface area contributed by atoms with Gasteiger partial charge < -0.3 is 4.74 Å². The Bertz CT molecular complexity index is 884. The van der Waals surface area contributed by atoms with E-state index in [-0.39, 0.29) is 23.9 Å². The van der Waals surface area contributed by atoms with E-state index in [2.05, 4.69) is 10.8 Å². The summed E-state index contributed by atoms with van der Waals surface area (Å²) in [6, 6.07) is 15.3. The molecule has 0 aromatic heterocycles. The van der Waals surface area contributed by atoms with Crippen LogP contribution in [0, 0.1) is 11.3 Å². The summed E-state index contributed by atoms with van der Waals surface area (Å²) in [6.45, 7) is 0.0575. The van der Waals surface area contributed by atoms with E-state index in [0.717, 1.165) is 5.56 Å². The fourth-order valence-corrected chi connectivity index (χ4v) is 2.92. The largest absolute Gasteiger partial charge is 0.461 e. The molecule has 0 amide bonds. The topological polar surface area (TPSA) is 96.3 Å². The Hall–Kier alpha value is -2.69. The number of aryl methyl sites for hydroxylation is 1. The zero-order chi connectivity index (χ0) is 18.3. The first-order valence-electron chi connectivity index (χ1n) is 7.62. The zero-order valence-corrected chi connectivity index (χ0v) is 14.5. The number of hydrogen-bond acceptors (Lipinski definition) is 5. The lowest BCUT2D eigenvalue weighted by Gasteiger charge is -2.07. The summed E-state index contributed by atoms with van der Waals surface area (Å²) in [5.74, 6) is -0.375. The minimum Gasteiger partial charge on any atom is -0.461 e. The molecular weight excluding hydrogens is 340 g/mol. The summed E-state index contributed by atoms with van der Waals surface area (Å²) in [6.07, 6.45) is 0.617. The predicted octanol–water partition coefficient (Wildman–Crippen LogP) is 2.14. The highest BCUT2D eigenvalue weighted by molar-refractivity contribution is 7.89. The summed E-state index contributed by atoms with van der Waals surface area (Å²) in [7, 11) is -2.11. The number of nitrogens with zero attached hydrogens (tertiary/aromatic N) is 1. The van der Waals surface area contributed by atoms with E-state index in [1.165, 1.54) is 19.2 Å². The van der Waals surface area contributed by atoms with Gasteiger partial charge in [-0.15, -0.1) is 0 Å². The molecule has 130 valence electrons. The van der Waals surface area contributed by atoms with Gasteiger partial charge in [-0.1, -0.05) is 30.3 Å². The molecule has 0 aliphatic carbocycles. The van der Waals surface area contributed by atoms with Crippen molar-refractivity contribution >= 4 is 16.0 Å². The number of carbonyl (C=O) groups excluding carboxylic acids is 1. The molecule has 6 nitrogen and oxygen atoms in total. The molecule has 0 fully saturated rings. The van der Waals surface area contributed by atoms with Crippen LogP contribution in [0.25, 0.3) is 0 Å². The number of benzene rings is 2. The monoisotopic (exact) mass is 358 g/mol. The lowest BCUT2D eigenvalue weighted by Crippen LogP contribution is -2.18. The fourth-order valence-electron chi connectivity index (χ4n) is 2.19. The number of nitriles is 1. The Morgan fingerprint density at radius 1 is 1.16 bits per heavy atom. The normalized spacial score (nSPS) is 10.9. The number of hydrogen-bond donors (Lipinski definition) is 1. The van der Waals surface area contributed by atoms with E-state index in [4.69, 9.17) is 10.00 Å². The molecule has 0 saturated carbocycles. The molecule has 0 saturated heterocycles. The average Bonchev–Trinajstić information content (AvgIpc) is 2.65. The van der Waals surface area contributed by atoms with Gasteiger partial charge in [0.05, 0.1) is 16.5 Å². The first-order chi connectivity index (χ1) is 12.0. The molecule has 0 aliphatic rings. The van der Waals surface area contributed by atoms with Crippen molar-refractivity contribution in [2.24, 2.45) is 0 Å². The molecule has 0 aliphatic heterocycles. The first kappa shape index (κ1) is 18.6. The highest BCUT2D eigenvalue weighted by atomic mass is 32.2. The lowest BCUT2D eigenvalue weighted by atomic mass is 10.1. The van der Waals surface area contributed by atoms with Gasteiger partial charge in [0, 0.05) is 12.0 Å². The molecule has 0 atom stereocenters. The summed E-state index contributed by atoms with van der Waals surface area (Å²) in [5, 5.41) is 9.00. The van der Waals surface area contributed by atoms with Crippen LogP contribution in [0.1, 0.15) is 23.1 Å². The molecule has 0 bridgehead atoms. The number of sulfonamides is 1. The highest BCUT2D eigenvalue weighted by Gasteiger charge is 2.11. The van der Waals surface area contributed by atoms with Crippen molar-refractivity contribution in [3.63, 3.8) is 0 Å². The quantitative estimate of drug-likeness (QED) is 0.765. The number of esters is 1. The third-order valence-corrected chi connectivity index (χ3v) is 5.08. The number of rotatable bonds is 7. The minimum atomic E-state index is -3.46. The molecule has 1 N–H and O–H groups in total. The molecular formula is C18H18N2O4S. The molecule has 2 aromatic rings. The van der Waals surface area contributed by atoms with Crippen LogP contribution in [-0.2, 0) is 32.6 Å². The van der Waals surface area contributed by atoms with Crippen LogP contribution in [-0.4, -0.2) is 21.4 Å². The number of carbonyl (C=O) groups is 1. The van der Waals surface area contributed by atoms with Crippen molar-refractivity contribution in [1.82, 2.24) is 4.72 Å². The van der Waals surface area contributed by atoms with Gasteiger partial charge >= 0.3 is 5.97 Å². The average molecular weight is 358 g/mol. The van der Waals surface area contributed by atoms with E-state index in [1.54, 1.807) is 36.4 Å². The van der Waals surface area contributed by atoms with Crippen LogP contribution < -0.4 is 4.72 Å². The van der Waals surface area contributed by atoms with Gasteiger partial charge in [-0.25, -0.2) is 13.1 Å². The van der Waals surface area contributed by atoms with Crippen LogP contribution in [0.2, 0.25) is 0 Å². The summed E-state index contributed by atoms with van der Waals surface area (Å²) in [5.41, 5.74) is 1.99. The van der Waals surface area contributed by atoms with E-state index in [9.17, 15) is 13.2 Å². The van der Waals surface area contributed by atoms with Gasteiger partial charge in [-0.2, -0.15) is 5.26 Å². The first-order valence-corrected chi connectivity index (χ1v) is 9.10. The van der Waals surface area contributed by atoms with Gasteiger partial charge in [-0.3, -0.25) is 4.79 Å². The Balaban J connectivity index is 1.87. The maximum atomic E-state index is 11.9. The zero-order valence-electron chi connectivity index (χ0n) is 13.7. The SMILES string of the molecule is CNS(=O)(=O)c1ccc(CCC(=O)OCc2ccccc2C#N)cc1. The van der Waals surface area contributed by atoms with Crippen molar-refractivity contribution < 1.29 is 17.9 Å². The van der Waals surface area contributed by atoms with Crippen LogP contribution in [0.3, 0.4) is 0 Å². The highest BCUT2D eigenvalue weighted by Crippen LogP contribution is 2.13. The van der Waals surface area contributed by atoms with Crippen molar-refractivity contribution in [3.8, 4) is 6.07 Å². The van der Waals surface area contributed by atoms with E-state index in [0.29, 0.717) is 17.5 Å². The third-order valence-electron chi connectivity index (χ3n) is 3.65. The molecule has 2 rings (SSSR count). The third kappa shape index (κ3) is 5.14. The molecule has 0 unspecified atom stereocenters. The smallest absolute Gasteiger partial charge is 0.306 e. The van der Waals surface area contributed by atoms with Crippen LogP contribution in [0.4, 0.5) is 0 Å². The van der Waals surface area contributed by atoms with Crippen molar-refractivity contribution in [1.29, 1.82) is 5.26 Å². The van der Waals surface area contributed by atoms with Crippen LogP contribution in [0.15, 0.2) is 53.4 Å². The number of ether oxygens (including phenoxy) is 1. The Labute approximate surface area is 147 Å². The molecule has 2 aromatic carbocycles. The maximum absolute atomic E-state index is 11.9. The second-order valence-corrected chi connectivity index (χ2v) is 7.17. The standard InChI is InChI=1S/C18H18N2O4S/c1-20-25(22,23)17-9-6-14(7-10-17)8-11-18(21)24-13-16-5-3-2-4-15(16)12-19/h2-7,9-10,20H,8,11,13H2,1H3. The van der Waals surface area contributed by atoms with Crippen molar-refractivity contribution in [2.75, 3.05) is 7.05 Å².